The first-order chi connectivity index (χ1) is 16.0. The van der Waals surface area contributed by atoms with Crippen molar-refractivity contribution in [2.24, 2.45) is 0 Å². The summed E-state index contributed by atoms with van der Waals surface area (Å²) in [4.78, 5) is 26.8. The highest BCUT2D eigenvalue weighted by molar-refractivity contribution is 8.18. The molecule has 4 rings (SSSR count). The fourth-order valence-electron chi connectivity index (χ4n) is 3.14. The average molecular weight is 500 g/mol. The van der Waals surface area contributed by atoms with E-state index in [4.69, 9.17) is 32.7 Å². The lowest BCUT2D eigenvalue weighted by Gasteiger charge is -2.14. The SMILES string of the molecule is O=C1S/C(=C\c2ccccc2OCc2ccccc2Cl)C(=O)N1CCOc1ccccc1Cl. The summed E-state index contributed by atoms with van der Waals surface area (Å²) in [7, 11) is 0. The van der Waals surface area contributed by atoms with Gasteiger partial charge in [-0.15, -0.1) is 0 Å². The zero-order valence-electron chi connectivity index (χ0n) is 17.4. The highest BCUT2D eigenvalue weighted by Gasteiger charge is 2.35. The molecule has 0 spiro atoms. The van der Waals surface area contributed by atoms with E-state index in [1.54, 1.807) is 36.4 Å². The number of hydrogen-bond acceptors (Lipinski definition) is 5. The van der Waals surface area contributed by atoms with Gasteiger partial charge in [-0.1, -0.05) is 71.7 Å². The van der Waals surface area contributed by atoms with E-state index in [9.17, 15) is 9.59 Å². The van der Waals surface area contributed by atoms with Gasteiger partial charge in [-0.2, -0.15) is 0 Å². The van der Waals surface area contributed by atoms with Crippen molar-refractivity contribution in [2.75, 3.05) is 13.2 Å². The van der Waals surface area contributed by atoms with Crippen LogP contribution in [0.4, 0.5) is 4.79 Å². The first kappa shape index (κ1) is 23.2. The summed E-state index contributed by atoms with van der Waals surface area (Å²) in [5.41, 5.74) is 1.55. The minimum absolute atomic E-state index is 0.123. The van der Waals surface area contributed by atoms with Crippen LogP contribution in [0.15, 0.2) is 77.7 Å². The van der Waals surface area contributed by atoms with Gasteiger partial charge >= 0.3 is 0 Å². The number of benzene rings is 3. The lowest BCUT2D eigenvalue weighted by Crippen LogP contribution is -2.32. The molecule has 5 nitrogen and oxygen atoms in total. The molecule has 0 aromatic heterocycles. The number of amides is 2. The Kier molecular flexibility index (Phi) is 7.60. The van der Waals surface area contributed by atoms with Gasteiger partial charge in [-0.3, -0.25) is 14.5 Å². The Bertz CT molecular complexity index is 1210. The monoisotopic (exact) mass is 499 g/mol. The van der Waals surface area contributed by atoms with E-state index in [0.717, 1.165) is 17.3 Å². The van der Waals surface area contributed by atoms with Crippen LogP contribution in [-0.2, 0) is 11.4 Å². The van der Waals surface area contributed by atoms with Crippen LogP contribution < -0.4 is 9.47 Å². The number of ether oxygens (including phenoxy) is 2. The third kappa shape index (κ3) is 5.71. The Morgan fingerprint density at radius 1 is 0.818 bits per heavy atom. The van der Waals surface area contributed by atoms with Crippen molar-refractivity contribution in [1.82, 2.24) is 4.90 Å². The number of nitrogens with zero attached hydrogens (tertiary/aromatic N) is 1. The number of carbonyl (C=O) groups excluding carboxylic acids is 2. The summed E-state index contributed by atoms with van der Waals surface area (Å²) >= 11 is 13.2. The van der Waals surface area contributed by atoms with Crippen molar-refractivity contribution in [3.63, 3.8) is 0 Å². The van der Waals surface area contributed by atoms with Gasteiger partial charge in [0.1, 0.15) is 24.7 Å². The summed E-state index contributed by atoms with van der Waals surface area (Å²) < 4.78 is 11.6. The number of halogens is 2. The molecule has 1 aliphatic rings. The molecule has 0 N–H and O–H groups in total. The standard InChI is InChI=1S/C25H19Cl2NO4S/c26-19-9-3-1-8-18(19)16-32-21-11-5-2-7-17(21)15-23-24(29)28(25(30)33-23)13-14-31-22-12-6-4-10-20(22)27/h1-12,15H,13-14,16H2/b23-15-. The summed E-state index contributed by atoms with van der Waals surface area (Å²) in [6.07, 6.45) is 1.67. The minimum atomic E-state index is -0.367. The van der Waals surface area contributed by atoms with E-state index in [0.29, 0.717) is 32.0 Å². The van der Waals surface area contributed by atoms with Crippen LogP contribution in [0.3, 0.4) is 0 Å². The number of rotatable bonds is 8. The molecular formula is C25H19Cl2NO4S. The molecule has 8 heteroatoms. The number of hydrogen-bond donors (Lipinski definition) is 0. The van der Waals surface area contributed by atoms with Gasteiger partial charge in [0, 0.05) is 16.1 Å². The van der Waals surface area contributed by atoms with Crippen molar-refractivity contribution in [2.45, 2.75) is 6.61 Å². The van der Waals surface area contributed by atoms with Crippen molar-refractivity contribution in [3.05, 3.63) is 98.9 Å². The molecule has 0 unspecified atom stereocenters. The second-order valence-corrected chi connectivity index (χ2v) is 8.84. The average Bonchev–Trinajstić information content (AvgIpc) is 3.08. The highest BCUT2D eigenvalue weighted by Crippen LogP contribution is 2.34. The Balaban J connectivity index is 1.43. The van der Waals surface area contributed by atoms with Gasteiger partial charge in [0.15, 0.2) is 0 Å². The van der Waals surface area contributed by atoms with Gasteiger partial charge in [0.05, 0.1) is 16.5 Å². The van der Waals surface area contributed by atoms with Gasteiger partial charge in [0.25, 0.3) is 11.1 Å². The minimum Gasteiger partial charge on any atom is -0.490 e. The second kappa shape index (κ2) is 10.8. The predicted molar refractivity (Wildman–Crippen MR) is 132 cm³/mol. The van der Waals surface area contributed by atoms with E-state index >= 15 is 0 Å². The molecule has 3 aromatic carbocycles. The fraction of sp³-hybridized carbons (Fsp3) is 0.120. The molecular weight excluding hydrogens is 481 g/mol. The smallest absolute Gasteiger partial charge is 0.293 e. The molecule has 33 heavy (non-hydrogen) atoms. The van der Waals surface area contributed by atoms with Crippen molar-refractivity contribution in [3.8, 4) is 11.5 Å². The fourth-order valence-corrected chi connectivity index (χ4v) is 4.38. The Morgan fingerprint density at radius 3 is 2.24 bits per heavy atom. The molecule has 3 aromatic rings. The van der Waals surface area contributed by atoms with Crippen molar-refractivity contribution < 1.29 is 19.1 Å². The van der Waals surface area contributed by atoms with Crippen LogP contribution in [0.5, 0.6) is 11.5 Å². The Morgan fingerprint density at radius 2 is 1.48 bits per heavy atom. The first-order valence-corrected chi connectivity index (χ1v) is 11.7. The summed E-state index contributed by atoms with van der Waals surface area (Å²) in [5.74, 6) is 0.728. The third-order valence-electron chi connectivity index (χ3n) is 4.83. The lowest BCUT2D eigenvalue weighted by molar-refractivity contribution is -0.123. The molecule has 1 heterocycles. The highest BCUT2D eigenvalue weighted by atomic mass is 35.5. The molecule has 1 saturated heterocycles. The van der Waals surface area contributed by atoms with Crippen LogP contribution in [0.2, 0.25) is 10.0 Å². The summed E-state index contributed by atoms with van der Waals surface area (Å²) in [6.45, 7) is 0.551. The maximum atomic E-state index is 12.8. The molecule has 0 saturated carbocycles. The predicted octanol–water partition coefficient (Wildman–Crippen LogP) is 6.69. The molecule has 1 fully saturated rings. The number of para-hydroxylation sites is 2. The summed E-state index contributed by atoms with van der Waals surface area (Å²) in [5, 5.41) is 0.749. The van der Waals surface area contributed by atoms with Gasteiger partial charge < -0.3 is 9.47 Å². The van der Waals surface area contributed by atoms with E-state index in [1.165, 1.54) is 4.90 Å². The molecule has 0 radical (unpaired) electrons. The van der Waals surface area contributed by atoms with Crippen molar-refractivity contribution in [1.29, 1.82) is 0 Å². The maximum absolute atomic E-state index is 12.8. The van der Waals surface area contributed by atoms with E-state index in [-0.39, 0.29) is 30.9 Å². The molecule has 168 valence electrons. The van der Waals surface area contributed by atoms with Crippen LogP contribution in [0.25, 0.3) is 6.08 Å². The zero-order valence-corrected chi connectivity index (χ0v) is 19.7. The second-order valence-electron chi connectivity index (χ2n) is 7.03. The molecule has 0 aliphatic carbocycles. The van der Waals surface area contributed by atoms with Gasteiger partial charge in [0.2, 0.25) is 0 Å². The molecule has 0 atom stereocenters. The largest absolute Gasteiger partial charge is 0.490 e. The normalized spacial score (nSPS) is 14.7. The topological polar surface area (TPSA) is 55.8 Å². The number of thioether (sulfide) groups is 1. The van der Waals surface area contributed by atoms with E-state index in [1.807, 2.05) is 42.5 Å². The zero-order chi connectivity index (χ0) is 23.2. The Labute approximate surface area is 205 Å². The van der Waals surface area contributed by atoms with Crippen LogP contribution in [-0.4, -0.2) is 29.2 Å². The van der Waals surface area contributed by atoms with E-state index in [2.05, 4.69) is 0 Å². The van der Waals surface area contributed by atoms with Gasteiger partial charge in [-0.05, 0) is 42.1 Å². The van der Waals surface area contributed by atoms with Crippen LogP contribution in [0.1, 0.15) is 11.1 Å². The number of imide groups is 1. The maximum Gasteiger partial charge on any atom is 0.293 e. The molecule has 0 bridgehead atoms. The van der Waals surface area contributed by atoms with Gasteiger partial charge in [-0.25, -0.2) is 0 Å². The quantitative estimate of drug-likeness (QED) is 0.323. The Hall–Kier alpha value is -2.93. The first-order valence-electron chi connectivity index (χ1n) is 10.1. The molecule has 2 amide bonds. The van der Waals surface area contributed by atoms with Crippen LogP contribution in [0, 0.1) is 0 Å². The van der Waals surface area contributed by atoms with Crippen molar-refractivity contribution >= 4 is 52.2 Å². The molecule has 1 aliphatic heterocycles. The van der Waals surface area contributed by atoms with Crippen LogP contribution >= 0.6 is 35.0 Å². The van der Waals surface area contributed by atoms with E-state index < -0.39 is 0 Å². The third-order valence-corrected chi connectivity index (χ3v) is 6.42. The number of carbonyl (C=O) groups is 2. The summed E-state index contributed by atoms with van der Waals surface area (Å²) in [6, 6.07) is 21.8. The lowest BCUT2D eigenvalue weighted by atomic mass is 10.1.